The largest absolute Gasteiger partial charge is 0.481 e. The highest BCUT2D eigenvalue weighted by Crippen LogP contribution is 2.26. The molecule has 0 aliphatic heterocycles. The van der Waals surface area contributed by atoms with E-state index in [0.717, 1.165) is 13.0 Å². The number of carboxylic acid groups (broad SMARTS) is 1. The highest BCUT2D eigenvalue weighted by molar-refractivity contribution is 5.68. The number of anilines is 1. The lowest BCUT2D eigenvalue weighted by Gasteiger charge is -2.27. The predicted octanol–water partition coefficient (Wildman–Crippen LogP) is 3.30. The van der Waals surface area contributed by atoms with E-state index >= 15 is 0 Å². The summed E-state index contributed by atoms with van der Waals surface area (Å²) in [5.74, 6) is -0.737. The minimum Gasteiger partial charge on any atom is -0.481 e. The Labute approximate surface area is 109 Å². The predicted molar refractivity (Wildman–Crippen MR) is 75.4 cm³/mol. The molecule has 3 nitrogen and oxygen atoms in total. The standard InChI is InChI=1S/C15H23NO2/c1-5-7-16(8-6-14(17)18)15-12(3)9-11(2)10-13(15)4/h9-10H,5-8H2,1-4H3,(H,17,18). The van der Waals surface area contributed by atoms with Gasteiger partial charge in [-0.3, -0.25) is 4.79 Å². The van der Waals surface area contributed by atoms with Gasteiger partial charge in [0, 0.05) is 18.8 Å². The number of benzene rings is 1. The molecular weight excluding hydrogens is 226 g/mol. The second-order valence-corrected chi connectivity index (χ2v) is 4.88. The van der Waals surface area contributed by atoms with Crippen LogP contribution in [-0.4, -0.2) is 24.2 Å². The summed E-state index contributed by atoms with van der Waals surface area (Å²) in [7, 11) is 0. The zero-order chi connectivity index (χ0) is 13.7. The van der Waals surface area contributed by atoms with Crippen LogP contribution in [-0.2, 0) is 4.79 Å². The van der Waals surface area contributed by atoms with Crippen LogP contribution in [0.2, 0.25) is 0 Å². The lowest BCUT2D eigenvalue weighted by atomic mass is 10.0. The molecule has 0 spiro atoms. The van der Waals surface area contributed by atoms with Crippen LogP contribution < -0.4 is 4.90 Å². The van der Waals surface area contributed by atoms with Crippen molar-refractivity contribution >= 4 is 11.7 Å². The van der Waals surface area contributed by atoms with Crippen LogP contribution in [0.4, 0.5) is 5.69 Å². The maximum Gasteiger partial charge on any atom is 0.305 e. The number of nitrogens with zero attached hydrogens (tertiary/aromatic N) is 1. The molecule has 0 bridgehead atoms. The lowest BCUT2D eigenvalue weighted by molar-refractivity contribution is -0.136. The Bertz CT molecular complexity index is 403. The zero-order valence-corrected chi connectivity index (χ0v) is 11.8. The Morgan fingerprint density at radius 2 is 1.72 bits per heavy atom. The molecule has 0 aliphatic carbocycles. The van der Waals surface area contributed by atoms with Crippen LogP contribution in [0.25, 0.3) is 0 Å². The van der Waals surface area contributed by atoms with Gasteiger partial charge in [0.2, 0.25) is 0 Å². The van der Waals surface area contributed by atoms with Gasteiger partial charge in [0.15, 0.2) is 0 Å². The second-order valence-electron chi connectivity index (χ2n) is 4.88. The van der Waals surface area contributed by atoms with Crippen molar-refractivity contribution in [1.29, 1.82) is 0 Å². The SMILES string of the molecule is CCCN(CCC(=O)O)c1c(C)cc(C)cc1C. The third-order valence-electron chi connectivity index (χ3n) is 3.04. The van der Waals surface area contributed by atoms with Crippen molar-refractivity contribution in [2.45, 2.75) is 40.5 Å². The number of aryl methyl sites for hydroxylation is 3. The van der Waals surface area contributed by atoms with E-state index in [1.807, 2.05) is 0 Å². The third-order valence-corrected chi connectivity index (χ3v) is 3.04. The van der Waals surface area contributed by atoms with E-state index in [2.05, 4.69) is 44.7 Å². The van der Waals surface area contributed by atoms with Gasteiger partial charge in [-0.25, -0.2) is 0 Å². The summed E-state index contributed by atoms with van der Waals surface area (Å²) in [6.45, 7) is 9.88. The summed E-state index contributed by atoms with van der Waals surface area (Å²) < 4.78 is 0. The number of hydrogen-bond acceptors (Lipinski definition) is 2. The van der Waals surface area contributed by atoms with Crippen LogP contribution in [0.15, 0.2) is 12.1 Å². The molecule has 1 N–H and O–H groups in total. The fraction of sp³-hybridized carbons (Fsp3) is 0.533. The molecule has 0 radical (unpaired) electrons. The third kappa shape index (κ3) is 3.76. The zero-order valence-electron chi connectivity index (χ0n) is 11.8. The highest BCUT2D eigenvalue weighted by atomic mass is 16.4. The molecule has 0 aliphatic rings. The minimum atomic E-state index is -0.737. The van der Waals surface area contributed by atoms with Crippen molar-refractivity contribution in [2.24, 2.45) is 0 Å². The molecule has 0 aromatic heterocycles. The van der Waals surface area contributed by atoms with Gasteiger partial charge in [0.05, 0.1) is 6.42 Å². The van der Waals surface area contributed by atoms with Crippen LogP contribution >= 0.6 is 0 Å². The van der Waals surface area contributed by atoms with Gasteiger partial charge in [-0.15, -0.1) is 0 Å². The Hall–Kier alpha value is -1.51. The summed E-state index contributed by atoms with van der Waals surface area (Å²) in [4.78, 5) is 12.9. The maximum atomic E-state index is 10.7. The first-order valence-electron chi connectivity index (χ1n) is 6.50. The first-order chi connectivity index (χ1) is 8.45. The molecule has 1 aromatic rings. The molecule has 0 saturated heterocycles. The molecule has 0 unspecified atom stereocenters. The summed E-state index contributed by atoms with van der Waals surface area (Å²) in [6.07, 6.45) is 1.21. The molecule has 0 amide bonds. The molecular formula is C15H23NO2. The summed E-state index contributed by atoms with van der Waals surface area (Å²) in [5, 5.41) is 8.83. The quantitative estimate of drug-likeness (QED) is 0.841. The van der Waals surface area contributed by atoms with Crippen LogP contribution in [0.3, 0.4) is 0 Å². The number of carbonyl (C=O) groups is 1. The van der Waals surface area contributed by atoms with E-state index in [1.54, 1.807) is 0 Å². The average Bonchev–Trinajstić information content (AvgIpc) is 2.24. The summed E-state index contributed by atoms with van der Waals surface area (Å²) in [6, 6.07) is 4.32. The van der Waals surface area contributed by atoms with Gasteiger partial charge < -0.3 is 10.0 Å². The van der Waals surface area contributed by atoms with Crippen LogP contribution in [0.5, 0.6) is 0 Å². The van der Waals surface area contributed by atoms with Gasteiger partial charge >= 0.3 is 5.97 Å². The van der Waals surface area contributed by atoms with Gasteiger partial charge in [0.1, 0.15) is 0 Å². The topological polar surface area (TPSA) is 40.5 Å². The molecule has 1 rings (SSSR count). The van der Waals surface area contributed by atoms with Gasteiger partial charge in [-0.05, 0) is 38.3 Å². The van der Waals surface area contributed by atoms with Gasteiger partial charge in [0.25, 0.3) is 0 Å². The first-order valence-corrected chi connectivity index (χ1v) is 6.50. The Morgan fingerprint density at radius 3 is 2.17 bits per heavy atom. The van der Waals surface area contributed by atoms with E-state index in [0.29, 0.717) is 6.54 Å². The Kier molecular flexibility index (Phi) is 5.20. The maximum absolute atomic E-state index is 10.7. The van der Waals surface area contributed by atoms with Crippen LogP contribution in [0, 0.1) is 20.8 Å². The normalized spacial score (nSPS) is 10.4. The van der Waals surface area contributed by atoms with E-state index in [4.69, 9.17) is 5.11 Å². The van der Waals surface area contributed by atoms with Gasteiger partial charge in [-0.2, -0.15) is 0 Å². The van der Waals surface area contributed by atoms with Gasteiger partial charge in [-0.1, -0.05) is 24.6 Å². The van der Waals surface area contributed by atoms with Crippen molar-refractivity contribution < 1.29 is 9.90 Å². The van der Waals surface area contributed by atoms with E-state index in [-0.39, 0.29) is 6.42 Å². The fourth-order valence-electron chi connectivity index (χ4n) is 2.51. The molecule has 0 heterocycles. The lowest BCUT2D eigenvalue weighted by Crippen LogP contribution is -2.28. The highest BCUT2D eigenvalue weighted by Gasteiger charge is 2.13. The fourth-order valence-corrected chi connectivity index (χ4v) is 2.51. The summed E-state index contributed by atoms with van der Waals surface area (Å²) in [5.41, 5.74) is 4.91. The number of aliphatic carboxylic acids is 1. The average molecular weight is 249 g/mol. The van der Waals surface area contributed by atoms with E-state index < -0.39 is 5.97 Å². The Morgan fingerprint density at radius 1 is 1.17 bits per heavy atom. The molecule has 100 valence electrons. The first kappa shape index (κ1) is 14.6. The monoisotopic (exact) mass is 249 g/mol. The number of hydrogen-bond donors (Lipinski definition) is 1. The molecule has 0 saturated carbocycles. The van der Waals surface area contributed by atoms with Crippen molar-refractivity contribution in [3.05, 3.63) is 28.8 Å². The summed E-state index contributed by atoms with van der Waals surface area (Å²) >= 11 is 0. The van der Waals surface area contributed by atoms with E-state index in [1.165, 1.54) is 22.4 Å². The Balaban J connectivity index is 3.01. The molecule has 0 atom stereocenters. The minimum absolute atomic E-state index is 0.187. The smallest absolute Gasteiger partial charge is 0.305 e. The molecule has 1 aromatic carbocycles. The number of carboxylic acids is 1. The second kappa shape index (κ2) is 6.43. The van der Waals surface area contributed by atoms with Crippen molar-refractivity contribution in [1.82, 2.24) is 0 Å². The van der Waals surface area contributed by atoms with Crippen molar-refractivity contribution in [3.63, 3.8) is 0 Å². The molecule has 0 fully saturated rings. The molecule has 3 heteroatoms. The van der Waals surface area contributed by atoms with Crippen molar-refractivity contribution in [2.75, 3.05) is 18.0 Å². The number of rotatable bonds is 6. The molecule has 18 heavy (non-hydrogen) atoms. The van der Waals surface area contributed by atoms with Crippen LogP contribution in [0.1, 0.15) is 36.5 Å². The van der Waals surface area contributed by atoms with Crippen molar-refractivity contribution in [3.8, 4) is 0 Å². The van der Waals surface area contributed by atoms with E-state index in [9.17, 15) is 4.79 Å².